The van der Waals surface area contributed by atoms with Gasteiger partial charge in [0.05, 0.1) is 24.3 Å². The number of nitrogens with one attached hydrogen (secondary N) is 1. The van der Waals surface area contributed by atoms with Crippen molar-refractivity contribution in [2.75, 3.05) is 26.3 Å². The molecule has 0 radical (unpaired) electrons. The summed E-state index contributed by atoms with van der Waals surface area (Å²) in [6.07, 6.45) is 5.26. The van der Waals surface area contributed by atoms with Gasteiger partial charge in [0, 0.05) is 0 Å². The molecule has 0 fully saturated rings. The molecule has 0 heterocycles. The lowest BCUT2D eigenvalue weighted by Crippen LogP contribution is -2.15. The maximum absolute atomic E-state index is 11.5. The summed E-state index contributed by atoms with van der Waals surface area (Å²) in [6.45, 7) is 10.8. The SMILES string of the molecule is CCCCNCCCC.CCOC(=O)c1ccccc1C(=O)OCC. The second-order valence-electron chi connectivity index (χ2n) is 5.44. The largest absolute Gasteiger partial charge is 0.462 e. The fraction of sp³-hybridized carbons (Fsp3) is 0.600. The smallest absolute Gasteiger partial charge is 0.338 e. The van der Waals surface area contributed by atoms with Crippen LogP contribution in [-0.2, 0) is 9.47 Å². The Morgan fingerprint density at radius 2 is 1.20 bits per heavy atom. The molecule has 5 heteroatoms. The van der Waals surface area contributed by atoms with E-state index in [0.29, 0.717) is 0 Å². The van der Waals surface area contributed by atoms with Crippen LogP contribution >= 0.6 is 0 Å². The van der Waals surface area contributed by atoms with Crippen molar-refractivity contribution in [1.29, 1.82) is 0 Å². The van der Waals surface area contributed by atoms with Gasteiger partial charge in [-0.1, -0.05) is 38.8 Å². The number of ether oxygens (including phenoxy) is 2. The molecule has 1 N–H and O–H groups in total. The Hall–Kier alpha value is -1.88. The minimum absolute atomic E-state index is 0.239. The molecule has 0 aromatic heterocycles. The molecule has 0 atom stereocenters. The van der Waals surface area contributed by atoms with Crippen LogP contribution in [0.15, 0.2) is 24.3 Å². The number of carbonyl (C=O) groups excluding carboxylic acids is 2. The zero-order valence-electron chi connectivity index (χ0n) is 16.1. The van der Waals surface area contributed by atoms with Crippen molar-refractivity contribution in [2.45, 2.75) is 53.4 Å². The third-order valence-electron chi connectivity index (χ3n) is 3.33. The van der Waals surface area contributed by atoms with Gasteiger partial charge in [-0.25, -0.2) is 9.59 Å². The van der Waals surface area contributed by atoms with Crippen molar-refractivity contribution in [2.24, 2.45) is 0 Å². The van der Waals surface area contributed by atoms with Crippen molar-refractivity contribution in [1.82, 2.24) is 5.32 Å². The molecule has 0 unspecified atom stereocenters. The highest BCUT2D eigenvalue weighted by Crippen LogP contribution is 2.11. The second kappa shape index (κ2) is 15.6. The lowest BCUT2D eigenvalue weighted by molar-refractivity contribution is 0.0479. The van der Waals surface area contributed by atoms with E-state index in [0.717, 1.165) is 0 Å². The number of hydrogen-bond donors (Lipinski definition) is 1. The zero-order chi connectivity index (χ0) is 18.9. The molecule has 0 spiro atoms. The summed E-state index contributed by atoms with van der Waals surface area (Å²) in [5.41, 5.74) is 0.477. The van der Waals surface area contributed by atoms with Gasteiger partial charge >= 0.3 is 11.9 Å². The average Bonchev–Trinajstić information content (AvgIpc) is 2.62. The molecule has 1 aromatic carbocycles. The third kappa shape index (κ3) is 10.6. The van der Waals surface area contributed by atoms with E-state index >= 15 is 0 Å². The molecule has 0 bridgehead atoms. The van der Waals surface area contributed by atoms with Crippen LogP contribution in [0.25, 0.3) is 0 Å². The standard InChI is InChI=1S/C12H14O4.C8H19N/c1-3-15-11(13)9-7-5-6-8-10(9)12(14)16-4-2;1-3-5-7-9-8-6-4-2/h5-8H,3-4H2,1-2H3;9H,3-8H2,1-2H3. The summed E-state index contributed by atoms with van der Waals surface area (Å²) in [6, 6.07) is 6.44. The van der Waals surface area contributed by atoms with Gasteiger partial charge in [0.2, 0.25) is 0 Å². The van der Waals surface area contributed by atoms with Crippen molar-refractivity contribution in [3.8, 4) is 0 Å². The van der Waals surface area contributed by atoms with Crippen molar-refractivity contribution < 1.29 is 19.1 Å². The number of carbonyl (C=O) groups is 2. The van der Waals surface area contributed by atoms with E-state index in [9.17, 15) is 9.59 Å². The molecule has 0 aliphatic heterocycles. The molecule has 142 valence electrons. The van der Waals surface area contributed by atoms with Crippen LogP contribution in [0, 0.1) is 0 Å². The van der Waals surface area contributed by atoms with Gasteiger partial charge < -0.3 is 14.8 Å². The fourth-order valence-corrected chi connectivity index (χ4v) is 1.99. The van der Waals surface area contributed by atoms with E-state index in [1.165, 1.54) is 38.8 Å². The summed E-state index contributed by atoms with van der Waals surface area (Å²) in [5.74, 6) is -1.02. The van der Waals surface area contributed by atoms with Crippen LogP contribution < -0.4 is 5.32 Å². The number of rotatable bonds is 10. The van der Waals surface area contributed by atoms with Gasteiger partial charge in [-0.3, -0.25) is 0 Å². The quantitative estimate of drug-likeness (QED) is 0.505. The first-order valence-electron chi connectivity index (χ1n) is 9.26. The summed E-state index contributed by atoms with van der Waals surface area (Å²) in [5, 5.41) is 3.39. The van der Waals surface area contributed by atoms with Gasteiger partial charge in [0.15, 0.2) is 0 Å². The molecule has 1 rings (SSSR count). The first-order valence-corrected chi connectivity index (χ1v) is 9.26. The van der Waals surface area contributed by atoms with Crippen molar-refractivity contribution in [3.63, 3.8) is 0 Å². The predicted molar refractivity (Wildman–Crippen MR) is 101 cm³/mol. The number of unbranched alkanes of at least 4 members (excludes halogenated alkanes) is 2. The van der Waals surface area contributed by atoms with Crippen LogP contribution in [0.3, 0.4) is 0 Å². The molecule has 0 amide bonds. The van der Waals surface area contributed by atoms with E-state index in [-0.39, 0.29) is 24.3 Å². The van der Waals surface area contributed by atoms with Gasteiger partial charge in [0.25, 0.3) is 0 Å². The zero-order valence-corrected chi connectivity index (χ0v) is 16.1. The number of hydrogen-bond acceptors (Lipinski definition) is 5. The highest BCUT2D eigenvalue weighted by Gasteiger charge is 2.17. The van der Waals surface area contributed by atoms with Gasteiger partial charge in [-0.15, -0.1) is 0 Å². The minimum Gasteiger partial charge on any atom is -0.462 e. The first-order chi connectivity index (χ1) is 12.1. The summed E-state index contributed by atoms with van der Waals surface area (Å²) in [7, 11) is 0. The summed E-state index contributed by atoms with van der Waals surface area (Å²) < 4.78 is 9.70. The normalized spacial score (nSPS) is 9.76. The molecular weight excluding hydrogens is 318 g/mol. The summed E-state index contributed by atoms with van der Waals surface area (Å²) >= 11 is 0. The molecule has 1 aromatic rings. The average molecular weight is 351 g/mol. The van der Waals surface area contributed by atoms with E-state index in [2.05, 4.69) is 19.2 Å². The van der Waals surface area contributed by atoms with Crippen LogP contribution in [0.2, 0.25) is 0 Å². The first kappa shape index (κ1) is 23.1. The summed E-state index contributed by atoms with van der Waals surface area (Å²) in [4.78, 5) is 23.1. The van der Waals surface area contributed by atoms with Gasteiger partial charge in [-0.05, 0) is 51.9 Å². The van der Waals surface area contributed by atoms with Crippen molar-refractivity contribution in [3.05, 3.63) is 35.4 Å². The Kier molecular flexibility index (Phi) is 14.5. The molecule has 5 nitrogen and oxygen atoms in total. The third-order valence-corrected chi connectivity index (χ3v) is 3.33. The van der Waals surface area contributed by atoms with Crippen LogP contribution in [-0.4, -0.2) is 38.2 Å². The highest BCUT2D eigenvalue weighted by atomic mass is 16.5. The predicted octanol–water partition coefficient (Wildman–Crippen LogP) is 4.22. The Labute approximate surface area is 152 Å². The lowest BCUT2D eigenvalue weighted by atomic mass is 10.1. The number of benzene rings is 1. The van der Waals surface area contributed by atoms with Gasteiger partial charge in [0.1, 0.15) is 0 Å². The Morgan fingerprint density at radius 3 is 1.52 bits per heavy atom. The Balaban J connectivity index is 0.000000547. The van der Waals surface area contributed by atoms with E-state index in [4.69, 9.17) is 9.47 Å². The number of esters is 2. The molecule has 0 aliphatic carbocycles. The van der Waals surface area contributed by atoms with Crippen LogP contribution in [0.4, 0.5) is 0 Å². The second-order valence-corrected chi connectivity index (χ2v) is 5.44. The maximum atomic E-state index is 11.5. The molecule has 0 saturated carbocycles. The maximum Gasteiger partial charge on any atom is 0.338 e. The molecule has 25 heavy (non-hydrogen) atoms. The Bertz CT molecular complexity index is 445. The van der Waals surface area contributed by atoms with Crippen LogP contribution in [0.5, 0.6) is 0 Å². The highest BCUT2D eigenvalue weighted by molar-refractivity contribution is 6.03. The minimum atomic E-state index is -0.508. The van der Waals surface area contributed by atoms with E-state index in [1.54, 1.807) is 38.1 Å². The monoisotopic (exact) mass is 351 g/mol. The topological polar surface area (TPSA) is 64.6 Å². The van der Waals surface area contributed by atoms with Gasteiger partial charge in [-0.2, -0.15) is 0 Å². The van der Waals surface area contributed by atoms with E-state index < -0.39 is 11.9 Å². The Morgan fingerprint density at radius 1 is 0.800 bits per heavy atom. The lowest BCUT2D eigenvalue weighted by Gasteiger charge is -2.07. The van der Waals surface area contributed by atoms with Crippen LogP contribution in [0.1, 0.15) is 74.1 Å². The molecular formula is C20H33NO4. The fourth-order valence-electron chi connectivity index (χ4n) is 1.99. The van der Waals surface area contributed by atoms with E-state index in [1.807, 2.05) is 0 Å². The molecule has 0 saturated heterocycles. The molecule has 0 aliphatic rings. The van der Waals surface area contributed by atoms with Crippen molar-refractivity contribution >= 4 is 11.9 Å².